The van der Waals surface area contributed by atoms with Crippen LogP contribution in [0, 0.1) is 0 Å². The zero-order chi connectivity index (χ0) is 17.0. The van der Waals surface area contributed by atoms with Crippen molar-refractivity contribution in [2.24, 2.45) is 0 Å². The largest absolute Gasteiger partial charge is 0.450 e. The Hall–Kier alpha value is -1.35. The predicted molar refractivity (Wildman–Crippen MR) is 84.3 cm³/mol. The molecule has 0 radical (unpaired) electrons. The number of likely N-dealkylation sites (tertiary alicyclic amines) is 1. The first-order valence-electron chi connectivity index (χ1n) is 8.01. The molecule has 8 nitrogen and oxygen atoms in total. The second-order valence-corrected chi connectivity index (χ2v) is 7.94. The lowest BCUT2D eigenvalue weighted by molar-refractivity contribution is -0.125. The zero-order valence-electron chi connectivity index (χ0n) is 13.7. The van der Waals surface area contributed by atoms with Crippen molar-refractivity contribution in [1.29, 1.82) is 0 Å². The van der Waals surface area contributed by atoms with Gasteiger partial charge < -0.3 is 15.0 Å². The Kier molecular flexibility index (Phi) is 5.85. The van der Waals surface area contributed by atoms with E-state index >= 15 is 0 Å². The Morgan fingerprint density at radius 1 is 1.17 bits per heavy atom. The first-order chi connectivity index (χ1) is 10.8. The molecule has 0 saturated carbocycles. The molecule has 0 spiro atoms. The Morgan fingerprint density at radius 2 is 1.83 bits per heavy atom. The van der Waals surface area contributed by atoms with Gasteiger partial charge in [0.15, 0.2) is 0 Å². The highest BCUT2D eigenvalue weighted by atomic mass is 32.2. The third kappa shape index (κ3) is 4.57. The number of rotatable bonds is 4. The third-order valence-corrected chi connectivity index (χ3v) is 5.59. The van der Waals surface area contributed by atoms with Crippen LogP contribution in [0.2, 0.25) is 0 Å². The van der Waals surface area contributed by atoms with E-state index < -0.39 is 16.1 Å². The fraction of sp³-hybridized carbons (Fsp3) is 0.857. The van der Waals surface area contributed by atoms with Gasteiger partial charge in [0.05, 0.1) is 12.9 Å². The summed E-state index contributed by atoms with van der Waals surface area (Å²) in [6.07, 6.45) is 3.37. The number of carbonyl (C=O) groups excluding carboxylic acids is 2. The summed E-state index contributed by atoms with van der Waals surface area (Å²) in [4.78, 5) is 25.6. The van der Waals surface area contributed by atoms with Gasteiger partial charge in [-0.25, -0.2) is 13.2 Å². The maximum atomic E-state index is 12.4. The monoisotopic (exact) mass is 347 g/mol. The lowest BCUT2D eigenvalue weighted by Crippen LogP contribution is -2.52. The second kappa shape index (κ2) is 7.48. The van der Waals surface area contributed by atoms with Crippen molar-refractivity contribution in [3.63, 3.8) is 0 Å². The van der Waals surface area contributed by atoms with Crippen LogP contribution in [0.25, 0.3) is 0 Å². The summed E-state index contributed by atoms with van der Waals surface area (Å²) in [5.41, 5.74) is 0. The number of amides is 2. The molecule has 2 amide bonds. The molecule has 2 heterocycles. The SMILES string of the molecule is CCOC(=O)N1CCC(NC(=O)C2CCCN2S(C)(=O)=O)CC1. The molecule has 2 aliphatic heterocycles. The summed E-state index contributed by atoms with van der Waals surface area (Å²) < 4.78 is 29.6. The van der Waals surface area contributed by atoms with E-state index in [-0.39, 0.29) is 18.0 Å². The Morgan fingerprint density at radius 3 is 2.39 bits per heavy atom. The van der Waals surface area contributed by atoms with E-state index in [1.54, 1.807) is 11.8 Å². The van der Waals surface area contributed by atoms with Crippen LogP contribution in [0.15, 0.2) is 0 Å². The van der Waals surface area contributed by atoms with Crippen LogP contribution >= 0.6 is 0 Å². The maximum absolute atomic E-state index is 12.4. The van der Waals surface area contributed by atoms with Crippen molar-refractivity contribution < 1.29 is 22.7 Å². The molecule has 2 fully saturated rings. The summed E-state index contributed by atoms with van der Waals surface area (Å²) in [6.45, 7) is 3.57. The van der Waals surface area contributed by atoms with Gasteiger partial charge in [0, 0.05) is 25.7 Å². The summed E-state index contributed by atoms with van der Waals surface area (Å²) >= 11 is 0. The molecule has 2 rings (SSSR count). The molecule has 1 unspecified atom stereocenters. The van der Waals surface area contributed by atoms with E-state index in [4.69, 9.17) is 4.74 Å². The molecule has 132 valence electrons. The maximum Gasteiger partial charge on any atom is 0.409 e. The molecular weight excluding hydrogens is 322 g/mol. The van der Waals surface area contributed by atoms with Gasteiger partial charge in [0.25, 0.3) is 0 Å². The lowest BCUT2D eigenvalue weighted by atomic mass is 10.0. The van der Waals surface area contributed by atoms with Crippen LogP contribution in [0.4, 0.5) is 4.79 Å². The van der Waals surface area contributed by atoms with Gasteiger partial charge >= 0.3 is 6.09 Å². The fourth-order valence-corrected chi connectivity index (χ4v) is 4.24. The Labute approximate surface area is 137 Å². The van der Waals surface area contributed by atoms with Crippen LogP contribution in [0.5, 0.6) is 0 Å². The highest BCUT2D eigenvalue weighted by Crippen LogP contribution is 2.21. The Bertz CT molecular complexity index is 543. The van der Waals surface area contributed by atoms with Crippen molar-refractivity contribution in [1.82, 2.24) is 14.5 Å². The lowest BCUT2D eigenvalue weighted by Gasteiger charge is -2.32. The number of nitrogens with one attached hydrogen (secondary N) is 1. The fourth-order valence-electron chi connectivity index (χ4n) is 3.12. The first kappa shape index (κ1) is 18.0. The molecule has 9 heteroatoms. The minimum Gasteiger partial charge on any atom is -0.450 e. The standard InChI is InChI=1S/C14H25N3O5S/c1-3-22-14(19)16-9-6-11(7-10-16)15-13(18)12-5-4-8-17(12)23(2,20)21/h11-12H,3-10H2,1-2H3,(H,15,18). The summed E-state index contributed by atoms with van der Waals surface area (Å²) in [7, 11) is -3.36. The molecule has 2 saturated heterocycles. The van der Waals surface area contributed by atoms with E-state index in [1.165, 1.54) is 4.31 Å². The van der Waals surface area contributed by atoms with E-state index in [2.05, 4.69) is 5.32 Å². The first-order valence-corrected chi connectivity index (χ1v) is 9.86. The van der Waals surface area contributed by atoms with Crippen LogP contribution in [-0.4, -0.2) is 74.2 Å². The molecule has 0 aliphatic carbocycles. The van der Waals surface area contributed by atoms with Gasteiger partial charge in [-0.1, -0.05) is 0 Å². The summed E-state index contributed by atoms with van der Waals surface area (Å²) in [6, 6.07) is -0.636. The van der Waals surface area contributed by atoms with Crippen LogP contribution in [-0.2, 0) is 19.6 Å². The number of carbonyl (C=O) groups is 2. The molecule has 0 bridgehead atoms. The van der Waals surface area contributed by atoms with Gasteiger partial charge in [-0.15, -0.1) is 0 Å². The van der Waals surface area contributed by atoms with Crippen molar-refractivity contribution in [3.05, 3.63) is 0 Å². The zero-order valence-corrected chi connectivity index (χ0v) is 14.5. The van der Waals surface area contributed by atoms with Crippen molar-refractivity contribution >= 4 is 22.0 Å². The summed E-state index contributed by atoms with van der Waals surface area (Å²) in [5, 5.41) is 2.93. The molecule has 1 atom stereocenters. The highest BCUT2D eigenvalue weighted by molar-refractivity contribution is 7.88. The van der Waals surface area contributed by atoms with Crippen molar-refractivity contribution in [2.75, 3.05) is 32.5 Å². The number of hydrogen-bond donors (Lipinski definition) is 1. The van der Waals surface area contributed by atoms with E-state index in [0.717, 1.165) is 6.26 Å². The van der Waals surface area contributed by atoms with E-state index in [9.17, 15) is 18.0 Å². The molecule has 23 heavy (non-hydrogen) atoms. The van der Waals surface area contributed by atoms with Gasteiger partial charge in [-0.3, -0.25) is 4.79 Å². The van der Waals surface area contributed by atoms with E-state index in [1.807, 2.05) is 0 Å². The van der Waals surface area contributed by atoms with Gasteiger partial charge in [-0.05, 0) is 32.6 Å². The predicted octanol–water partition coefficient (Wildman–Crippen LogP) is 0.148. The number of ether oxygens (including phenoxy) is 1. The normalized spacial score (nSPS) is 23.7. The highest BCUT2D eigenvalue weighted by Gasteiger charge is 2.37. The number of piperidine rings is 1. The number of sulfonamides is 1. The molecule has 1 N–H and O–H groups in total. The summed E-state index contributed by atoms with van der Waals surface area (Å²) in [5.74, 6) is -0.234. The van der Waals surface area contributed by atoms with E-state index in [0.29, 0.717) is 51.9 Å². The molecule has 0 aromatic rings. The number of hydrogen-bond acceptors (Lipinski definition) is 5. The minimum atomic E-state index is -3.36. The molecule has 0 aromatic heterocycles. The average Bonchev–Trinajstić information content (AvgIpc) is 2.98. The smallest absolute Gasteiger partial charge is 0.409 e. The Balaban J connectivity index is 1.84. The second-order valence-electron chi connectivity index (χ2n) is 6.00. The topological polar surface area (TPSA) is 96.0 Å². The van der Waals surface area contributed by atoms with Gasteiger partial charge in [0.1, 0.15) is 6.04 Å². The van der Waals surface area contributed by atoms with Crippen molar-refractivity contribution in [2.45, 2.75) is 44.7 Å². The van der Waals surface area contributed by atoms with Gasteiger partial charge in [-0.2, -0.15) is 4.31 Å². The van der Waals surface area contributed by atoms with Crippen LogP contribution in [0.1, 0.15) is 32.6 Å². The minimum absolute atomic E-state index is 0.0322. The molecular formula is C14H25N3O5S. The van der Waals surface area contributed by atoms with Gasteiger partial charge in [0.2, 0.25) is 15.9 Å². The third-order valence-electron chi connectivity index (χ3n) is 4.30. The van der Waals surface area contributed by atoms with Crippen molar-refractivity contribution in [3.8, 4) is 0 Å². The molecule has 0 aromatic carbocycles. The van der Waals surface area contributed by atoms with Crippen LogP contribution < -0.4 is 5.32 Å². The molecule has 2 aliphatic rings. The van der Waals surface area contributed by atoms with Crippen LogP contribution in [0.3, 0.4) is 0 Å². The quantitative estimate of drug-likeness (QED) is 0.781. The average molecular weight is 347 g/mol. The number of nitrogens with zero attached hydrogens (tertiary/aromatic N) is 2.